The van der Waals surface area contributed by atoms with Crippen LogP contribution in [0.4, 0.5) is 0 Å². The number of carbonyl (C=O) groups is 1. The quantitative estimate of drug-likeness (QED) is 0.496. The van der Waals surface area contributed by atoms with Crippen molar-refractivity contribution in [3.63, 3.8) is 0 Å². The van der Waals surface area contributed by atoms with E-state index in [1.165, 1.54) is 31.2 Å². The van der Waals surface area contributed by atoms with Crippen molar-refractivity contribution >= 4 is 11.9 Å². The fourth-order valence-corrected chi connectivity index (χ4v) is 3.72. The van der Waals surface area contributed by atoms with Gasteiger partial charge in [-0.2, -0.15) is 0 Å². The van der Waals surface area contributed by atoms with Gasteiger partial charge in [0.1, 0.15) is 0 Å². The Morgan fingerprint density at radius 2 is 1.88 bits per heavy atom. The molecule has 1 aromatic carbocycles. The number of nitrogens with one attached hydrogen (secondary N) is 3. The minimum Gasteiger partial charge on any atom is -0.357 e. The first-order chi connectivity index (χ1) is 12.7. The van der Waals surface area contributed by atoms with Gasteiger partial charge in [0, 0.05) is 31.0 Å². The molecule has 0 aromatic heterocycles. The summed E-state index contributed by atoms with van der Waals surface area (Å²) in [6.45, 7) is 4.29. The maximum Gasteiger partial charge on any atom is 0.221 e. The summed E-state index contributed by atoms with van der Waals surface area (Å²) in [6, 6.07) is 11.1. The second kappa shape index (κ2) is 9.06. The predicted molar refractivity (Wildman–Crippen MR) is 106 cm³/mol. The van der Waals surface area contributed by atoms with Crippen LogP contribution in [-0.4, -0.2) is 37.5 Å². The van der Waals surface area contributed by atoms with Gasteiger partial charge >= 0.3 is 0 Å². The Labute approximate surface area is 157 Å². The van der Waals surface area contributed by atoms with Crippen LogP contribution in [-0.2, 0) is 10.2 Å². The Bertz CT molecular complexity index is 604. The largest absolute Gasteiger partial charge is 0.357 e. The van der Waals surface area contributed by atoms with Crippen molar-refractivity contribution in [3.05, 3.63) is 35.9 Å². The molecule has 2 aliphatic carbocycles. The summed E-state index contributed by atoms with van der Waals surface area (Å²) in [7, 11) is 0. The van der Waals surface area contributed by atoms with E-state index in [0.717, 1.165) is 31.9 Å². The zero-order chi connectivity index (χ0) is 18.2. The SMILES string of the molecule is CCNC(=NCC1(c2ccccc2)CC1)NCCC(=O)NC1CCCC1. The van der Waals surface area contributed by atoms with Gasteiger partial charge in [0.2, 0.25) is 5.91 Å². The number of hydrogen-bond donors (Lipinski definition) is 3. The monoisotopic (exact) mass is 356 g/mol. The molecule has 0 atom stereocenters. The molecule has 5 nitrogen and oxygen atoms in total. The Morgan fingerprint density at radius 3 is 2.54 bits per heavy atom. The molecule has 0 saturated heterocycles. The van der Waals surface area contributed by atoms with Crippen molar-refractivity contribution in [2.24, 2.45) is 4.99 Å². The van der Waals surface area contributed by atoms with E-state index >= 15 is 0 Å². The molecule has 142 valence electrons. The van der Waals surface area contributed by atoms with Crippen molar-refractivity contribution < 1.29 is 4.79 Å². The number of hydrogen-bond acceptors (Lipinski definition) is 2. The van der Waals surface area contributed by atoms with Crippen LogP contribution in [0.5, 0.6) is 0 Å². The molecule has 26 heavy (non-hydrogen) atoms. The zero-order valence-electron chi connectivity index (χ0n) is 15.9. The van der Waals surface area contributed by atoms with Crippen molar-refractivity contribution in [1.29, 1.82) is 0 Å². The van der Waals surface area contributed by atoms with Gasteiger partial charge in [0.25, 0.3) is 0 Å². The lowest BCUT2D eigenvalue weighted by molar-refractivity contribution is -0.121. The van der Waals surface area contributed by atoms with Crippen LogP contribution >= 0.6 is 0 Å². The highest BCUT2D eigenvalue weighted by atomic mass is 16.1. The topological polar surface area (TPSA) is 65.5 Å². The summed E-state index contributed by atoms with van der Waals surface area (Å²) in [6.07, 6.45) is 7.63. The molecule has 0 spiro atoms. The Hall–Kier alpha value is -2.04. The van der Waals surface area contributed by atoms with E-state index in [1.54, 1.807) is 0 Å². The molecule has 1 aromatic rings. The third kappa shape index (κ3) is 5.23. The average Bonchev–Trinajstić information content (AvgIpc) is 3.29. The molecule has 0 unspecified atom stereocenters. The van der Waals surface area contributed by atoms with Crippen LogP contribution in [0.2, 0.25) is 0 Å². The molecule has 3 rings (SSSR count). The number of carbonyl (C=O) groups excluding carboxylic acids is 1. The van der Waals surface area contributed by atoms with Gasteiger partial charge in [-0.15, -0.1) is 0 Å². The van der Waals surface area contributed by atoms with E-state index in [2.05, 4.69) is 53.2 Å². The molecule has 1 amide bonds. The van der Waals surface area contributed by atoms with Gasteiger partial charge in [-0.1, -0.05) is 43.2 Å². The molecule has 2 aliphatic rings. The summed E-state index contributed by atoms with van der Waals surface area (Å²) < 4.78 is 0. The van der Waals surface area contributed by atoms with Crippen molar-refractivity contribution in [3.8, 4) is 0 Å². The van der Waals surface area contributed by atoms with Crippen LogP contribution in [0.25, 0.3) is 0 Å². The zero-order valence-corrected chi connectivity index (χ0v) is 15.9. The first-order valence-electron chi connectivity index (χ1n) is 10.1. The third-order valence-electron chi connectivity index (χ3n) is 5.49. The number of benzene rings is 1. The molecular formula is C21H32N4O. The van der Waals surface area contributed by atoms with E-state index in [1.807, 2.05) is 0 Å². The molecule has 3 N–H and O–H groups in total. The summed E-state index contributed by atoms with van der Waals surface area (Å²) in [5, 5.41) is 9.73. The van der Waals surface area contributed by atoms with Crippen LogP contribution in [0, 0.1) is 0 Å². The minimum absolute atomic E-state index is 0.142. The van der Waals surface area contributed by atoms with E-state index in [0.29, 0.717) is 19.0 Å². The number of amides is 1. The molecule has 2 fully saturated rings. The summed E-state index contributed by atoms with van der Waals surface area (Å²) >= 11 is 0. The average molecular weight is 357 g/mol. The minimum atomic E-state index is 0.142. The molecule has 0 heterocycles. The van der Waals surface area contributed by atoms with Crippen LogP contribution in [0.15, 0.2) is 35.3 Å². The van der Waals surface area contributed by atoms with Gasteiger partial charge < -0.3 is 16.0 Å². The highest BCUT2D eigenvalue weighted by Gasteiger charge is 2.43. The van der Waals surface area contributed by atoms with Crippen molar-refractivity contribution in [2.75, 3.05) is 19.6 Å². The molecule has 0 aliphatic heterocycles. The molecule has 0 radical (unpaired) electrons. The number of nitrogens with zero attached hydrogens (tertiary/aromatic N) is 1. The Kier molecular flexibility index (Phi) is 6.53. The highest BCUT2D eigenvalue weighted by Crippen LogP contribution is 2.48. The highest BCUT2D eigenvalue weighted by molar-refractivity contribution is 5.81. The standard InChI is InChI=1S/C21H32N4O/c1-2-22-20(23-15-12-19(26)25-18-10-6-7-11-18)24-16-21(13-14-21)17-8-4-3-5-9-17/h3-5,8-9,18H,2,6-7,10-16H2,1H3,(H,25,26)(H2,22,23,24). The summed E-state index contributed by atoms with van der Waals surface area (Å²) in [4.78, 5) is 16.8. The maximum atomic E-state index is 12.0. The predicted octanol–water partition coefficient (Wildman–Crippen LogP) is 2.72. The van der Waals surface area contributed by atoms with Crippen LogP contribution < -0.4 is 16.0 Å². The Morgan fingerprint density at radius 1 is 1.15 bits per heavy atom. The number of guanidine groups is 1. The van der Waals surface area contributed by atoms with Gasteiger partial charge in [-0.05, 0) is 38.2 Å². The number of rotatable bonds is 8. The molecular weight excluding hydrogens is 324 g/mol. The van der Waals surface area contributed by atoms with E-state index in [9.17, 15) is 4.79 Å². The molecule has 5 heteroatoms. The van der Waals surface area contributed by atoms with Gasteiger partial charge in [-0.25, -0.2) is 0 Å². The smallest absolute Gasteiger partial charge is 0.221 e. The van der Waals surface area contributed by atoms with E-state index in [-0.39, 0.29) is 11.3 Å². The lowest BCUT2D eigenvalue weighted by atomic mass is 9.96. The second-order valence-corrected chi connectivity index (χ2v) is 7.57. The second-order valence-electron chi connectivity index (χ2n) is 7.57. The Balaban J connectivity index is 1.46. The lowest BCUT2D eigenvalue weighted by Crippen LogP contribution is -2.40. The summed E-state index contributed by atoms with van der Waals surface area (Å²) in [5.41, 5.74) is 1.60. The maximum absolute atomic E-state index is 12.0. The fourth-order valence-electron chi connectivity index (χ4n) is 3.72. The van der Waals surface area contributed by atoms with Crippen LogP contribution in [0.3, 0.4) is 0 Å². The number of aliphatic imine (C=N–C) groups is 1. The van der Waals surface area contributed by atoms with E-state index in [4.69, 9.17) is 4.99 Å². The fraction of sp³-hybridized carbons (Fsp3) is 0.619. The van der Waals surface area contributed by atoms with Crippen molar-refractivity contribution in [1.82, 2.24) is 16.0 Å². The summed E-state index contributed by atoms with van der Waals surface area (Å²) in [5.74, 6) is 0.951. The first kappa shape index (κ1) is 18.7. The molecule has 0 bridgehead atoms. The normalized spacial score (nSPS) is 19.2. The van der Waals surface area contributed by atoms with Gasteiger partial charge in [0.15, 0.2) is 5.96 Å². The lowest BCUT2D eigenvalue weighted by Gasteiger charge is -2.16. The van der Waals surface area contributed by atoms with E-state index < -0.39 is 0 Å². The molecule has 2 saturated carbocycles. The third-order valence-corrected chi connectivity index (χ3v) is 5.49. The van der Waals surface area contributed by atoms with Crippen molar-refractivity contribution in [2.45, 2.75) is 63.3 Å². The first-order valence-corrected chi connectivity index (χ1v) is 10.1. The van der Waals surface area contributed by atoms with Gasteiger partial charge in [-0.3, -0.25) is 9.79 Å². The van der Waals surface area contributed by atoms with Gasteiger partial charge in [0.05, 0.1) is 6.54 Å². The van der Waals surface area contributed by atoms with Crippen LogP contribution in [0.1, 0.15) is 57.4 Å².